The maximum atomic E-state index is 11.8. The summed E-state index contributed by atoms with van der Waals surface area (Å²) in [5.74, 6) is 0.241. The van der Waals surface area contributed by atoms with Gasteiger partial charge in [0.2, 0.25) is 5.91 Å². The molecule has 0 unspecified atom stereocenters. The Bertz CT molecular complexity index is 348. The third kappa shape index (κ3) is 3.97. The van der Waals surface area contributed by atoms with Crippen molar-refractivity contribution in [2.24, 2.45) is 0 Å². The van der Waals surface area contributed by atoms with Gasteiger partial charge in [-0.05, 0) is 38.0 Å². The predicted molar refractivity (Wildman–Crippen MR) is 70.4 cm³/mol. The normalized spacial score (nSPS) is 10.2. The van der Waals surface area contributed by atoms with Gasteiger partial charge in [0.05, 0.1) is 0 Å². The van der Waals surface area contributed by atoms with Crippen LogP contribution in [-0.2, 0) is 11.2 Å². The first-order valence-corrected chi connectivity index (χ1v) is 6.48. The Morgan fingerprint density at radius 2 is 2.00 bits per heavy atom. The molecule has 1 aromatic carbocycles. The number of aryl methyl sites for hydroxylation is 1. The minimum absolute atomic E-state index is 0.241. The lowest BCUT2D eigenvalue weighted by atomic mass is 10.1. The molecule has 0 aliphatic heterocycles. The van der Waals surface area contributed by atoms with Gasteiger partial charge in [0.1, 0.15) is 0 Å². The Morgan fingerprint density at radius 1 is 1.31 bits per heavy atom. The van der Waals surface area contributed by atoms with Crippen LogP contribution >= 0.6 is 15.9 Å². The lowest BCUT2D eigenvalue weighted by Crippen LogP contribution is -2.30. The number of halogens is 1. The number of benzene rings is 1. The van der Waals surface area contributed by atoms with Crippen molar-refractivity contribution in [2.75, 3.05) is 13.1 Å². The van der Waals surface area contributed by atoms with Gasteiger partial charge in [-0.3, -0.25) is 4.79 Å². The van der Waals surface area contributed by atoms with Gasteiger partial charge in [-0.15, -0.1) is 0 Å². The second kappa shape index (κ2) is 6.69. The highest BCUT2D eigenvalue weighted by Gasteiger charge is 2.08. The number of hydrogen-bond acceptors (Lipinski definition) is 1. The second-order valence-electron chi connectivity index (χ2n) is 3.70. The van der Waals surface area contributed by atoms with E-state index < -0.39 is 0 Å². The third-order valence-corrected chi connectivity index (χ3v) is 3.13. The number of nitrogens with zero attached hydrogens (tertiary/aromatic N) is 1. The van der Waals surface area contributed by atoms with Crippen LogP contribution in [0.25, 0.3) is 0 Å². The van der Waals surface area contributed by atoms with Crippen molar-refractivity contribution < 1.29 is 4.79 Å². The van der Waals surface area contributed by atoms with Crippen LogP contribution in [0.15, 0.2) is 28.7 Å². The van der Waals surface area contributed by atoms with Crippen LogP contribution in [0.1, 0.15) is 25.8 Å². The fraction of sp³-hybridized carbons (Fsp3) is 0.462. The molecular weight excluding hydrogens is 266 g/mol. The van der Waals surface area contributed by atoms with Crippen molar-refractivity contribution in [1.29, 1.82) is 0 Å². The Kier molecular flexibility index (Phi) is 5.53. The molecule has 88 valence electrons. The van der Waals surface area contributed by atoms with Gasteiger partial charge in [-0.1, -0.05) is 28.1 Å². The highest BCUT2D eigenvalue weighted by Crippen LogP contribution is 2.13. The van der Waals surface area contributed by atoms with Gasteiger partial charge >= 0.3 is 0 Å². The maximum absolute atomic E-state index is 11.8. The van der Waals surface area contributed by atoms with E-state index in [1.807, 2.05) is 30.9 Å². The van der Waals surface area contributed by atoms with Gasteiger partial charge in [0.15, 0.2) is 0 Å². The van der Waals surface area contributed by atoms with E-state index in [-0.39, 0.29) is 5.91 Å². The van der Waals surface area contributed by atoms with Crippen molar-refractivity contribution in [3.63, 3.8) is 0 Å². The monoisotopic (exact) mass is 283 g/mol. The molecule has 0 saturated heterocycles. The minimum Gasteiger partial charge on any atom is -0.343 e. The van der Waals surface area contributed by atoms with Crippen LogP contribution in [0.5, 0.6) is 0 Å². The largest absolute Gasteiger partial charge is 0.343 e. The average molecular weight is 284 g/mol. The van der Waals surface area contributed by atoms with Crippen molar-refractivity contribution in [2.45, 2.75) is 26.7 Å². The summed E-state index contributed by atoms with van der Waals surface area (Å²) < 4.78 is 1.07. The Balaban J connectivity index is 2.48. The summed E-state index contributed by atoms with van der Waals surface area (Å²) in [6, 6.07) is 8.12. The first kappa shape index (κ1) is 13.2. The molecule has 0 saturated carbocycles. The SMILES string of the molecule is CCN(CC)C(=O)CCc1cccc(Br)c1. The lowest BCUT2D eigenvalue weighted by Gasteiger charge is -2.18. The molecule has 0 aliphatic carbocycles. The summed E-state index contributed by atoms with van der Waals surface area (Å²) in [5.41, 5.74) is 1.20. The zero-order chi connectivity index (χ0) is 12.0. The molecule has 0 spiro atoms. The molecule has 3 heteroatoms. The van der Waals surface area contributed by atoms with Gasteiger partial charge in [0, 0.05) is 24.0 Å². The minimum atomic E-state index is 0.241. The standard InChI is InChI=1S/C13H18BrNO/c1-3-15(4-2)13(16)9-8-11-6-5-7-12(14)10-11/h5-7,10H,3-4,8-9H2,1-2H3. The molecule has 0 aliphatic rings. The summed E-state index contributed by atoms with van der Waals surface area (Å²) >= 11 is 3.43. The first-order chi connectivity index (χ1) is 7.67. The fourth-order valence-corrected chi connectivity index (χ4v) is 2.12. The predicted octanol–water partition coefficient (Wildman–Crippen LogP) is 3.25. The average Bonchev–Trinajstić information content (AvgIpc) is 2.28. The van der Waals surface area contributed by atoms with Crippen LogP contribution in [0.3, 0.4) is 0 Å². The number of carbonyl (C=O) groups excluding carboxylic acids is 1. The molecule has 0 radical (unpaired) electrons. The molecule has 1 aromatic rings. The van der Waals surface area contributed by atoms with Crippen LogP contribution in [0.2, 0.25) is 0 Å². The summed E-state index contributed by atoms with van der Waals surface area (Å²) in [5, 5.41) is 0. The van der Waals surface area contributed by atoms with Crippen molar-refractivity contribution in [3.8, 4) is 0 Å². The molecule has 0 bridgehead atoms. The van der Waals surface area contributed by atoms with E-state index in [0.29, 0.717) is 6.42 Å². The smallest absolute Gasteiger partial charge is 0.222 e. The molecule has 1 rings (SSSR count). The molecule has 16 heavy (non-hydrogen) atoms. The Labute approximate surface area is 106 Å². The van der Waals surface area contributed by atoms with Gasteiger partial charge < -0.3 is 4.90 Å². The van der Waals surface area contributed by atoms with Crippen molar-refractivity contribution >= 4 is 21.8 Å². The van der Waals surface area contributed by atoms with E-state index in [2.05, 4.69) is 28.1 Å². The second-order valence-corrected chi connectivity index (χ2v) is 4.61. The van der Waals surface area contributed by atoms with E-state index in [1.165, 1.54) is 5.56 Å². The maximum Gasteiger partial charge on any atom is 0.222 e. The van der Waals surface area contributed by atoms with Crippen LogP contribution < -0.4 is 0 Å². The molecule has 0 aromatic heterocycles. The van der Waals surface area contributed by atoms with Crippen LogP contribution in [0, 0.1) is 0 Å². The van der Waals surface area contributed by atoms with Gasteiger partial charge in [0.25, 0.3) is 0 Å². The van der Waals surface area contributed by atoms with Gasteiger partial charge in [-0.25, -0.2) is 0 Å². The lowest BCUT2D eigenvalue weighted by molar-refractivity contribution is -0.130. The number of amides is 1. The van der Waals surface area contributed by atoms with E-state index in [0.717, 1.165) is 24.0 Å². The molecule has 0 N–H and O–H groups in total. The zero-order valence-electron chi connectivity index (χ0n) is 9.87. The Morgan fingerprint density at radius 3 is 2.56 bits per heavy atom. The van der Waals surface area contributed by atoms with Crippen molar-refractivity contribution in [3.05, 3.63) is 34.3 Å². The highest BCUT2D eigenvalue weighted by atomic mass is 79.9. The number of hydrogen-bond donors (Lipinski definition) is 0. The molecule has 1 amide bonds. The highest BCUT2D eigenvalue weighted by molar-refractivity contribution is 9.10. The topological polar surface area (TPSA) is 20.3 Å². The van der Waals surface area contributed by atoms with Crippen LogP contribution in [-0.4, -0.2) is 23.9 Å². The molecule has 0 heterocycles. The molecule has 2 nitrogen and oxygen atoms in total. The fourth-order valence-electron chi connectivity index (χ4n) is 1.68. The van der Waals surface area contributed by atoms with E-state index in [9.17, 15) is 4.79 Å². The summed E-state index contributed by atoms with van der Waals surface area (Å²) in [4.78, 5) is 13.7. The molecule has 0 fully saturated rings. The van der Waals surface area contributed by atoms with E-state index in [4.69, 9.17) is 0 Å². The van der Waals surface area contributed by atoms with Crippen molar-refractivity contribution in [1.82, 2.24) is 4.90 Å². The number of carbonyl (C=O) groups is 1. The zero-order valence-corrected chi connectivity index (χ0v) is 11.5. The first-order valence-electron chi connectivity index (χ1n) is 5.69. The number of rotatable bonds is 5. The van der Waals surface area contributed by atoms with E-state index in [1.54, 1.807) is 0 Å². The molecule has 0 atom stereocenters. The summed E-state index contributed by atoms with van der Waals surface area (Å²) in [6.45, 7) is 5.63. The Hall–Kier alpha value is -0.830. The summed E-state index contributed by atoms with van der Waals surface area (Å²) in [7, 11) is 0. The molecular formula is C13H18BrNO. The van der Waals surface area contributed by atoms with Gasteiger partial charge in [-0.2, -0.15) is 0 Å². The van der Waals surface area contributed by atoms with E-state index >= 15 is 0 Å². The quantitative estimate of drug-likeness (QED) is 0.812. The summed E-state index contributed by atoms with van der Waals surface area (Å²) in [6.07, 6.45) is 1.41. The van der Waals surface area contributed by atoms with Crippen LogP contribution in [0.4, 0.5) is 0 Å². The third-order valence-electron chi connectivity index (χ3n) is 2.63.